The minimum absolute atomic E-state index is 0.243. The Morgan fingerprint density at radius 1 is 1.10 bits per heavy atom. The van der Waals surface area contributed by atoms with Crippen LogP contribution in [0.5, 0.6) is 5.75 Å². The van der Waals surface area contributed by atoms with Gasteiger partial charge in [-0.25, -0.2) is 8.42 Å². The summed E-state index contributed by atoms with van der Waals surface area (Å²) in [5, 5.41) is 2.69. The molecule has 2 atom stereocenters. The smallest absolute Gasteiger partial charge is 0.416 e. The molecule has 0 aliphatic carbocycles. The van der Waals surface area contributed by atoms with E-state index in [0.29, 0.717) is 16.1 Å². The topological polar surface area (TPSA) is 75.7 Å². The minimum Gasteiger partial charge on any atom is -0.497 e. The van der Waals surface area contributed by atoms with E-state index in [1.165, 1.54) is 20.1 Å². The molecular weight excluding hydrogens is 421 g/mol. The Balaban J connectivity index is 2.28. The number of rotatable bonds is 7. The number of methoxy groups -OCH3 is 1. The highest BCUT2D eigenvalue weighted by molar-refractivity contribution is 7.92. The van der Waals surface area contributed by atoms with Gasteiger partial charge in [-0.15, -0.1) is 0 Å². The molecule has 2 rings (SSSR count). The number of nitrogens with one attached hydrogen (secondary N) is 1. The van der Waals surface area contributed by atoms with E-state index < -0.39 is 39.8 Å². The van der Waals surface area contributed by atoms with E-state index in [-0.39, 0.29) is 5.69 Å². The second-order valence-corrected chi connectivity index (χ2v) is 8.65. The second kappa shape index (κ2) is 8.95. The molecule has 0 spiro atoms. The number of hydrogen-bond acceptors (Lipinski definition) is 4. The molecule has 0 saturated heterocycles. The molecular formula is C20H23F3N2O4S. The molecule has 2 aromatic rings. The maximum Gasteiger partial charge on any atom is 0.416 e. The predicted octanol–water partition coefficient (Wildman–Crippen LogP) is 3.75. The maximum atomic E-state index is 13.0. The Kier molecular flexibility index (Phi) is 7.02. The van der Waals surface area contributed by atoms with Gasteiger partial charge in [0.05, 0.1) is 30.7 Å². The average Bonchev–Trinajstić information content (AvgIpc) is 2.66. The minimum atomic E-state index is -4.65. The zero-order valence-electron chi connectivity index (χ0n) is 16.9. The van der Waals surface area contributed by atoms with E-state index in [1.807, 2.05) is 0 Å². The SMILES string of the molecule is COc1ccc(C(C)NC(=O)C(C)N(c2cccc(C(F)(F)F)c2)S(C)(=O)=O)cc1. The number of halogens is 3. The monoisotopic (exact) mass is 444 g/mol. The molecule has 0 aliphatic heterocycles. The van der Waals surface area contributed by atoms with Crippen molar-refractivity contribution in [3.63, 3.8) is 0 Å². The van der Waals surface area contributed by atoms with E-state index in [0.717, 1.165) is 24.0 Å². The van der Waals surface area contributed by atoms with Crippen LogP contribution in [0.1, 0.15) is 31.0 Å². The van der Waals surface area contributed by atoms with Crippen LogP contribution in [0.3, 0.4) is 0 Å². The standard InChI is InChI=1S/C20H23F3N2O4S/c1-13(15-8-10-18(29-3)11-9-15)24-19(26)14(2)25(30(4,27)28)17-7-5-6-16(12-17)20(21,22)23/h5-14H,1-4H3,(H,24,26). The summed E-state index contributed by atoms with van der Waals surface area (Å²) in [6.07, 6.45) is -3.81. The lowest BCUT2D eigenvalue weighted by Gasteiger charge is -2.29. The van der Waals surface area contributed by atoms with Crippen LogP contribution < -0.4 is 14.4 Å². The molecule has 2 unspecified atom stereocenters. The first-order valence-corrected chi connectivity index (χ1v) is 10.8. The lowest BCUT2D eigenvalue weighted by Crippen LogP contribution is -2.48. The van der Waals surface area contributed by atoms with Crippen molar-refractivity contribution in [3.8, 4) is 5.75 Å². The van der Waals surface area contributed by atoms with Gasteiger partial charge in [0.15, 0.2) is 0 Å². The maximum absolute atomic E-state index is 13.0. The Bertz CT molecular complexity index is 992. The van der Waals surface area contributed by atoms with Crippen LogP contribution in [-0.4, -0.2) is 33.7 Å². The van der Waals surface area contributed by atoms with E-state index in [4.69, 9.17) is 4.74 Å². The van der Waals surface area contributed by atoms with Gasteiger partial charge in [0, 0.05) is 0 Å². The lowest BCUT2D eigenvalue weighted by molar-refractivity contribution is -0.137. The number of hydrogen-bond donors (Lipinski definition) is 1. The van der Waals surface area contributed by atoms with Crippen molar-refractivity contribution in [3.05, 3.63) is 59.7 Å². The molecule has 0 aliphatic rings. The van der Waals surface area contributed by atoms with Crippen LogP contribution in [0.25, 0.3) is 0 Å². The Morgan fingerprint density at radius 2 is 1.70 bits per heavy atom. The number of ether oxygens (including phenoxy) is 1. The third kappa shape index (κ3) is 5.65. The van der Waals surface area contributed by atoms with Gasteiger partial charge < -0.3 is 10.1 Å². The number of sulfonamides is 1. The van der Waals surface area contributed by atoms with Gasteiger partial charge in [-0.2, -0.15) is 13.2 Å². The fraction of sp³-hybridized carbons (Fsp3) is 0.350. The van der Waals surface area contributed by atoms with Crippen molar-refractivity contribution >= 4 is 21.6 Å². The molecule has 0 fully saturated rings. The molecule has 0 bridgehead atoms. The van der Waals surface area contributed by atoms with Crippen molar-refractivity contribution in [2.75, 3.05) is 17.7 Å². The van der Waals surface area contributed by atoms with Crippen LogP contribution >= 0.6 is 0 Å². The molecule has 0 radical (unpaired) electrons. The molecule has 2 aromatic carbocycles. The number of nitrogens with zero attached hydrogens (tertiary/aromatic N) is 1. The summed E-state index contributed by atoms with van der Waals surface area (Å²) in [5.41, 5.74) is -0.499. The van der Waals surface area contributed by atoms with Crippen molar-refractivity contribution < 1.29 is 31.1 Å². The van der Waals surface area contributed by atoms with Gasteiger partial charge in [-0.05, 0) is 49.7 Å². The normalized spacial score (nSPS) is 14.0. The predicted molar refractivity (Wildman–Crippen MR) is 108 cm³/mol. The summed E-state index contributed by atoms with van der Waals surface area (Å²) in [6.45, 7) is 3.03. The fourth-order valence-corrected chi connectivity index (χ4v) is 4.10. The Morgan fingerprint density at radius 3 is 2.20 bits per heavy atom. The van der Waals surface area contributed by atoms with Gasteiger partial charge in [0.25, 0.3) is 0 Å². The highest BCUT2D eigenvalue weighted by atomic mass is 32.2. The van der Waals surface area contributed by atoms with Crippen LogP contribution in [0.2, 0.25) is 0 Å². The summed E-state index contributed by atoms with van der Waals surface area (Å²) in [7, 11) is -2.52. The van der Waals surface area contributed by atoms with Crippen molar-refractivity contribution in [2.24, 2.45) is 0 Å². The van der Waals surface area contributed by atoms with E-state index in [9.17, 15) is 26.4 Å². The van der Waals surface area contributed by atoms with E-state index >= 15 is 0 Å². The first kappa shape index (κ1) is 23.5. The number of benzene rings is 2. The molecule has 1 amide bonds. The summed E-state index contributed by atoms with van der Waals surface area (Å²) in [6, 6.07) is 9.04. The van der Waals surface area contributed by atoms with Crippen molar-refractivity contribution in [2.45, 2.75) is 32.1 Å². The molecule has 0 saturated carbocycles. The largest absolute Gasteiger partial charge is 0.497 e. The number of carbonyl (C=O) groups excluding carboxylic acids is 1. The molecule has 0 aromatic heterocycles. The molecule has 10 heteroatoms. The third-order valence-electron chi connectivity index (χ3n) is 4.49. The molecule has 164 valence electrons. The average molecular weight is 444 g/mol. The van der Waals surface area contributed by atoms with Crippen LogP contribution in [0.15, 0.2) is 48.5 Å². The first-order chi connectivity index (χ1) is 13.8. The van der Waals surface area contributed by atoms with Gasteiger partial charge in [-0.3, -0.25) is 9.10 Å². The summed E-state index contributed by atoms with van der Waals surface area (Å²) < 4.78 is 69.5. The Labute approximate surface area is 173 Å². The van der Waals surface area contributed by atoms with Gasteiger partial charge in [-0.1, -0.05) is 18.2 Å². The second-order valence-electron chi connectivity index (χ2n) is 6.79. The Hall–Kier alpha value is -2.75. The third-order valence-corrected chi connectivity index (χ3v) is 5.73. The van der Waals surface area contributed by atoms with Crippen LogP contribution in [0.4, 0.5) is 18.9 Å². The van der Waals surface area contributed by atoms with Crippen LogP contribution in [0, 0.1) is 0 Å². The van der Waals surface area contributed by atoms with Crippen LogP contribution in [-0.2, 0) is 21.0 Å². The molecule has 30 heavy (non-hydrogen) atoms. The highest BCUT2D eigenvalue weighted by Gasteiger charge is 2.34. The van der Waals surface area contributed by atoms with E-state index in [1.54, 1.807) is 31.2 Å². The van der Waals surface area contributed by atoms with Crippen molar-refractivity contribution in [1.29, 1.82) is 0 Å². The lowest BCUT2D eigenvalue weighted by atomic mass is 10.1. The zero-order chi connectivity index (χ0) is 22.7. The number of carbonyl (C=O) groups is 1. The summed E-state index contributed by atoms with van der Waals surface area (Å²) >= 11 is 0. The number of anilines is 1. The van der Waals surface area contributed by atoms with E-state index in [2.05, 4.69) is 5.32 Å². The zero-order valence-corrected chi connectivity index (χ0v) is 17.7. The summed E-state index contributed by atoms with van der Waals surface area (Å²) in [5.74, 6) is -0.0143. The van der Waals surface area contributed by atoms with Gasteiger partial charge >= 0.3 is 6.18 Å². The van der Waals surface area contributed by atoms with Gasteiger partial charge in [0.2, 0.25) is 15.9 Å². The fourth-order valence-electron chi connectivity index (χ4n) is 2.94. The first-order valence-electron chi connectivity index (χ1n) is 8.95. The number of amides is 1. The molecule has 0 heterocycles. The molecule has 1 N–H and O–H groups in total. The summed E-state index contributed by atoms with van der Waals surface area (Å²) in [4.78, 5) is 12.7. The molecule has 6 nitrogen and oxygen atoms in total. The number of alkyl halides is 3. The van der Waals surface area contributed by atoms with Gasteiger partial charge in [0.1, 0.15) is 11.8 Å². The van der Waals surface area contributed by atoms with Crippen molar-refractivity contribution in [1.82, 2.24) is 5.32 Å². The quantitative estimate of drug-likeness (QED) is 0.706. The highest BCUT2D eigenvalue weighted by Crippen LogP contribution is 2.33.